The molecule has 108 valence electrons. The zero-order valence-electron chi connectivity index (χ0n) is 11.7. The van der Waals surface area contributed by atoms with Crippen molar-refractivity contribution in [2.24, 2.45) is 0 Å². The van der Waals surface area contributed by atoms with E-state index in [-0.39, 0.29) is 13.3 Å². The molecule has 1 aliphatic carbocycles. The van der Waals surface area contributed by atoms with Gasteiger partial charge < -0.3 is 5.32 Å². The predicted octanol–water partition coefficient (Wildman–Crippen LogP) is 4.60. The van der Waals surface area contributed by atoms with E-state index in [9.17, 15) is 4.79 Å². The van der Waals surface area contributed by atoms with Gasteiger partial charge in [0.05, 0.1) is 0 Å². The monoisotopic (exact) mass is 279 g/mol. The van der Waals surface area contributed by atoms with Gasteiger partial charge in [-0.3, -0.25) is 4.79 Å². The fraction of sp³-hybridized carbons (Fsp3) is 0.211. The molecule has 1 aliphatic rings. The molecule has 0 heterocycles. The van der Waals surface area contributed by atoms with Crippen LogP contribution in [-0.2, 0) is 11.2 Å². The molecule has 0 radical (unpaired) electrons. The molecule has 2 aromatic rings. The highest BCUT2D eigenvalue weighted by Gasteiger charge is 2.23. The summed E-state index contributed by atoms with van der Waals surface area (Å²) in [6.07, 6.45) is 0.722. The smallest absolute Gasteiger partial charge is 0.252 e. The van der Waals surface area contributed by atoms with Crippen LogP contribution in [0.25, 0.3) is 5.57 Å². The number of nitrogens with one attached hydrogen (secondary N) is 1. The van der Waals surface area contributed by atoms with Crippen molar-refractivity contribution in [1.29, 1.82) is 0 Å². The number of para-hydroxylation sites is 1. The summed E-state index contributed by atoms with van der Waals surface area (Å²) in [4.78, 5) is 12.4. The highest BCUT2D eigenvalue weighted by molar-refractivity contribution is 6.10. The van der Waals surface area contributed by atoms with Crippen molar-refractivity contribution in [2.45, 2.75) is 27.7 Å². The highest BCUT2D eigenvalue weighted by atomic mass is 16.1. The quantitative estimate of drug-likeness (QED) is 0.855. The first-order chi connectivity index (χ1) is 9.65. The second-order valence-corrected chi connectivity index (χ2v) is 5.26. The molecule has 0 saturated carbocycles. The van der Waals surface area contributed by atoms with E-state index in [1.807, 2.05) is 37.3 Å². The molecule has 1 amide bonds. The van der Waals surface area contributed by atoms with E-state index in [4.69, 9.17) is 0 Å². The number of rotatable bonds is 2. The van der Waals surface area contributed by atoms with E-state index in [2.05, 4.69) is 30.4 Å². The van der Waals surface area contributed by atoms with Gasteiger partial charge in [0.25, 0.3) is 5.91 Å². The van der Waals surface area contributed by atoms with Crippen LogP contribution in [0.3, 0.4) is 0 Å². The summed E-state index contributed by atoms with van der Waals surface area (Å²) in [5, 5.41) is 2.97. The van der Waals surface area contributed by atoms with Gasteiger partial charge in [-0.1, -0.05) is 49.4 Å². The standard InChI is InChI=1S/C18H17NO.CH4/c1-12-8-9-14-11-17(13(2)16(14)10-12)18(20)19-15-6-4-3-5-7-15;/h3-10H,11H2,1-2H3,(H,19,20);1H4. The maximum Gasteiger partial charge on any atom is 0.252 e. The lowest BCUT2D eigenvalue weighted by atomic mass is 10.0. The molecule has 2 heteroatoms. The van der Waals surface area contributed by atoms with Gasteiger partial charge in [0.1, 0.15) is 0 Å². The van der Waals surface area contributed by atoms with Crippen LogP contribution in [-0.4, -0.2) is 5.91 Å². The van der Waals surface area contributed by atoms with Gasteiger partial charge in [-0.05, 0) is 42.7 Å². The molecule has 21 heavy (non-hydrogen) atoms. The van der Waals surface area contributed by atoms with Crippen molar-refractivity contribution in [3.8, 4) is 0 Å². The largest absolute Gasteiger partial charge is 0.322 e. The summed E-state index contributed by atoms with van der Waals surface area (Å²) in [6.45, 7) is 4.11. The number of aryl methyl sites for hydroxylation is 1. The number of benzene rings is 2. The Morgan fingerprint density at radius 3 is 2.48 bits per heavy atom. The summed E-state index contributed by atoms with van der Waals surface area (Å²) in [5.74, 6) is 0.00236. The second kappa shape index (κ2) is 5.96. The van der Waals surface area contributed by atoms with E-state index in [1.165, 1.54) is 16.7 Å². The number of allylic oxidation sites excluding steroid dienone is 1. The summed E-state index contributed by atoms with van der Waals surface area (Å²) in [5.41, 5.74) is 6.49. The molecule has 0 aromatic heterocycles. The van der Waals surface area contributed by atoms with E-state index >= 15 is 0 Å². The number of fused-ring (bicyclic) bond motifs is 1. The molecular formula is C19H21NO. The van der Waals surface area contributed by atoms with E-state index in [0.717, 1.165) is 23.3 Å². The number of carbonyl (C=O) groups is 1. The van der Waals surface area contributed by atoms with E-state index in [0.29, 0.717) is 0 Å². The van der Waals surface area contributed by atoms with Gasteiger partial charge in [0.2, 0.25) is 0 Å². The van der Waals surface area contributed by atoms with Crippen molar-refractivity contribution in [3.63, 3.8) is 0 Å². The Balaban J connectivity index is 0.00000161. The number of hydrogen-bond donors (Lipinski definition) is 1. The lowest BCUT2D eigenvalue weighted by Crippen LogP contribution is -2.14. The molecule has 0 saturated heterocycles. The van der Waals surface area contributed by atoms with Gasteiger partial charge >= 0.3 is 0 Å². The average Bonchev–Trinajstić information content (AvgIpc) is 2.77. The third-order valence-corrected chi connectivity index (χ3v) is 3.80. The SMILES string of the molecule is C.CC1=C(C(=O)Nc2ccccc2)Cc2ccc(C)cc21. The van der Waals surface area contributed by atoms with Crippen LogP contribution in [0.15, 0.2) is 54.1 Å². The van der Waals surface area contributed by atoms with Crippen LogP contribution in [0.4, 0.5) is 5.69 Å². The van der Waals surface area contributed by atoms with Crippen LogP contribution in [0.1, 0.15) is 31.0 Å². The average molecular weight is 279 g/mol. The highest BCUT2D eigenvalue weighted by Crippen LogP contribution is 2.33. The van der Waals surface area contributed by atoms with Crippen LogP contribution in [0, 0.1) is 6.92 Å². The molecule has 1 N–H and O–H groups in total. The first-order valence-corrected chi connectivity index (χ1v) is 6.81. The maximum atomic E-state index is 12.4. The Bertz CT molecular complexity index is 699. The molecule has 2 aromatic carbocycles. The summed E-state index contributed by atoms with van der Waals surface area (Å²) < 4.78 is 0. The zero-order valence-corrected chi connectivity index (χ0v) is 11.7. The van der Waals surface area contributed by atoms with Crippen molar-refractivity contribution in [3.05, 3.63) is 70.8 Å². The number of anilines is 1. The van der Waals surface area contributed by atoms with Gasteiger partial charge in [0.15, 0.2) is 0 Å². The Morgan fingerprint density at radius 1 is 1.05 bits per heavy atom. The number of amides is 1. The van der Waals surface area contributed by atoms with Crippen molar-refractivity contribution in [1.82, 2.24) is 0 Å². The molecule has 2 nitrogen and oxygen atoms in total. The van der Waals surface area contributed by atoms with Crippen LogP contribution >= 0.6 is 0 Å². The van der Waals surface area contributed by atoms with Crippen LogP contribution in [0.5, 0.6) is 0 Å². The third-order valence-electron chi connectivity index (χ3n) is 3.80. The lowest BCUT2D eigenvalue weighted by Gasteiger charge is -2.06. The van der Waals surface area contributed by atoms with Gasteiger partial charge in [-0.15, -0.1) is 0 Å². The molecular weight excluding hydrogens is 258 g/mol. The molecule has 0 unspecified atom stereocenters. The minimum atomic E-state index is 0. The number of carbonyl (C=O) groups excluding carboxylic acids is 1. The minimum absolute atomic E-state index is 0. The summed E-state index contributed by atoms with van der Waals surface area (Å²) in [7, 11) is 0. The van der Waals surface area contributed by atoms with E-state index < -0.39 is 0 Å². The molecule has 0 fully saturated rings. The third kappa shape index (κ3) is 2.89. The minimum Gasteiger partial charge on any atom is -0.322 e. The van der Waals surface area contributed by atoms with E-state index in [1.54, 1.807) is 0 Å². The van der Waals surface area contributed by atoms with Gasteiger partial charge in [-0.25, -0.2) is 0 Å². The Kier molecular flexibility index (Phi) is 4.27. The Morgan fingerprint density at radius 2 is 1.76 bits per heavy atom. The second-order valence-electron chi connectivity index (χ2n) is 5.26. The van der Waals surface area contributed by atoms with Crippen molar-refractivity contribution < 1.29 is 4.79 Å². The normalized spacial score (nSPS) is 12.7. The molecule has 0 spiro atoms. The first kappa shape index (κ1) is 15.0. The first-order valence-electron chi connectivity index (χ1n) is 6.81. The molecule has 0 atom stereocenters. The lowest BCUT2D eigenvalue weighted by molar-refractivity contribution is -0.112. The molecule has 0 aliphatic heterocycles. The van der Waals surface area contributed by atoms with Crippen LogP contribution < -0.4 is 5.32 Å². The number of hydrogen-bond acceptors (Lipinski definition) is 1. The zero-order chi connectivity index (χ0) is 14.1. The topological polar surface area (TPSA) is 29.1 Å². The molecule has 0 bridgehead atoms. The van der Waals surface area contributed by atoms with Crippen molar-refractivity contribution >= 4 is 17.2 Å². The maximum absolute atomic E-state index is 12.4. The predicted molar refractivity (Wildman–Crippen MR) is 89.3 cm³/mol. The Hall–Kier alpha value is -2.35. The van der Waals surface area contributed by atoms with Crippen LogP contribution in [0.2, 0.25) is 0 Å². The van der Waals surface area contributed by atoms with Gasteiger partial charge in [-0.2, -0.15) is 0 Å². The summed E-state index contributed by atoms with van der Waals surface area (Å²) in [6, 6.07) is 16.0. The summed E-state index contributed by atoms with van der Waals surface area (Å²) >= 11 is 0. The fourth-order valence-corrected chi connectivity index (χ4v) is 2.66. The Labute approximate surface area is 126 Å². The van der Waals surface area contributed by atoms with Gasteiger partial charge in [0, 0.05) is 17.7 Å². The molecule has 3 rings (SSSR count). The fourth-order valence-electron chi connectivity index (χ4n) is 2.66. The van der Waals surface area contributed by atoms with Crippen molar-refractivity contribution in [2.75, 3.05) is 5.32 Å².